The summed E-state index contributed by atoms with van der Waals surface area (Å²) >= 11 is 0. The van der Waals surface area contributed by atoms with Crippen molar-refractivity contribution >= 4 is 11.4 Å². The molecular weight excluding hydrogens is 332 g/mol. The molecule has 0 N–H and O–H groups in total. The second-order valence-corrected chi connectivity index (χ2v) is 6.50. The first-order valence-corrected chi connectivity index (χ1v) is 8.93. The van der Waals surface area contributed by atoms with Crippen LogP contribution < -0.4 is 0 Å². The molecule has 26 heavy (non-hydrogen) atoms. The van der Waals surface area contributed by atoms with Crippen LogP contribution in [0.1, 0.15) is 61.8 Å². The van der Waals surface area contributed by atoms with Crippen LogP contribution in [-0.2, 0) is 12.8 Å². The van der Waals surface area contributed by atoms with Gasteiger partial charge in [0.1, 0.15) is 0 Å². The first kappa shape index (κ1) is 19.6. The van der Waals surface area contributed by atoms with Crippen LogP contribution >= 0.6 is 0 Å². The number of non-ortho nitro benzene ring substituents is 2. The Kier molecular flexibility index (Phi) is 6.44. The predicted molar refractivity (Wildman–Crippen MR) is 102 cm³/mol. The average Bonchev–Trinajstić information content (AvgIpc) is 2.61. The Labute approximate surface area is 153 Å². The van der Waals surface area contributed by atoms with E-state index in [1.54, 1.807) is 24.3 Å². The maximum Gasteiger partial charge on any atom is 0.269 e. The van der Waals surface area contributed by atoms with Crippen molar-refractivity contribution in [1.29, 1.82) is 0 Å². The molecule has 0 saturated carbocycles. The lowest BCUT2D eigenvalue weighted by molar-refractivity contribution is -0.385. The zero-order valence-corrected chi connectivity index (χ0v) is 15.4. The van der Waals surface area contributed by atoms with Gasteiger partial charge in [-0.3, -0.25) is 20.2 Å². The van der Waals surface area contributed by atoms with Gasteiger partial charge in [-0.15, -0.1) is 0 Å². The monoisotopic (exact) mass is 356 g/mol. The second kappa shape index (κ2) is 8.56. The molecule has 2 aromatic rings. The molecule has 6 nitrogen and oxygen atoms in total. The van der Waals surface area contributed by atoms with Crippen molar-refractivity contribution < 1.29 is 9.85 Å². The molecule has 2 rings (SSSR count). The number of nitro benzene ring substituents is 2. The SMILES string of the molecule is CCCc1cc([N+](=O)[O-])ccc1C(C)c1cc([N+](=O)[O-])ccc1CCC. The molecule has 0 aliphatic rings. The van der Waals surface area contributed by atoms with Crippen LogP contribution in [0.5, 0.6) is 0 Å². The quantitative estimate of drug-likeness (QED) is 0.457. The maximum atomic E-state index is 11.2. The summed E-state index contributed by atoms with van der Waals surface area (Å²) in [7, 11) is 0. The zero-order valence-electron chi connectivity index (χ0n) is 15.4. The van der Waals surface area contributed by atoms with Gasteiger partial charge in [-0.1, -0.05) is 45.7 Å². The molecule has 0 bridgehead atoms. The van der Waals surface area contributed by atoms with E-state index < -0.39 is 0 Å². The van der Waals surface area contributed by atoms with Crippen LogP contribution in [0.3, 0.4) is 0 Å². The highest BCUT2D eigenvalue weighted by Gasteiger charge is 2.20. The number of hydrogen-bond acceptors (Lipinski definition) is 4. The summed E-state index contributed by atoms with van der Waals surface area (Å²) in [5.41, 5.74) is 4.10. The standard InChI is InChI=1S/C20H24N2O4/c1-4-6-15-8-9-18(22(25)26)13-20(15)14(3)19-11-10-17(21(23)24)12-16(19)7-5-2/h8-14H,4-7H2,1-3H3. The Morgan fingerprint density at radius 2 is 1.35 bits per heavy atom. The van der Waals surface area contributed by atoms with Crippen LogP contribution in [-0.4, -0.2) is 9.85 Å². The van der Waals surface area contributed by atoms with Crippen molar-refractivity contribution in [3.63, 3.8) is 0 Å². The van der Waals surface area contributed by atoms with Crippen molar-refractivity contribution in [3.8, 4) is 0 Å². The summed E-state index contributed by atoms with van der Waals surface area (Å²) in [5, 5.41) is 22.3. The molecule has 0 aromatic heterocycles. The van der Waals surface area contributed by atoms with E-state index >= 15 is 0 Å². The van der Waals surface area contributed by atoms with Crippen molar-refractivity contribution in [2.24, 2.45) is 0 Å². The van der Waals surface area contributed by atoms with E-state index in [2.05, 4.69) is 6.92 Å². The third kappa shape index (κ3) is 4.25. The number of hydrogen-bond donors (Lipinski definition) is 0. The molecule has 0 aliphatic carbocycles. The minimum absolute atomic E-state index is 0.0706. The summed E-state index contributed by atoms with van der Waals surface area (Å²) in [6, 6.07) is 9.96. The van der Waals surface area contributed by atoms with Gasteiger partial charge in [0.15, 0.2) is 0 Å². The lowest BCUT2D eigenvalue weighted by Gasteiger charge is -2.20. The fourth-order valence-electron chi connectivity index (χ4n) is 3.38. The van der Waals surface area contributed by atoms with Crippen molar-refractivity contribution in [3.05, 3.63) is 78.9 Å². The second-order valence-electron chi connectivity index (χ2n) is 6.50. The molecule has 0 heterocycles. The third-order valence-corrected chi connectivity index (χ3v) is 4.65. The van der Waals surface area contributed by atoms with Gasteiger partial charge in [0, 0.05) is 30.2 Å². The third-order valence-electron chi connectivity index (χ3n) is 4.65. The van der Waals surface area contributed by atoms with Gasteiger partial charge in [-0.2, -0.15) is 0 Å². The Morgan fingerprint density at radius 1 is 0.808 bits per heavy atom. The lowest BCUT2D eigenvalue weighted by Crippen LogP contribution is -2.06. The Balaban J connectivity index is 2.56. The normalized spacial score (nSPS) is 12.0. The molecule has 1 unspecified atom stereocenters. The largest absolute Gasteiger partial charge is 0.269 e. The first-order chi connectivity index (χ1) is 12.4. The first-order valence-electron chi connectivity index (χ1n) is 8.93. The van der Waals surface area contributed by atoms with Gasteiger partial charge >= 0.3 is 0 Å². The maximum absolute atomic E-state index is 11.2. The number of nitro groups is 2. The van der Waals surface area contributed by atoms with Crippen LogP contribution in [0.4, 0.5) is 11.4 Å². The number of aryl methyl sites for hydroxylation is 2. The highest BCUT2D eigenvalue weighted by Crippen LogP contribution is 2.34. The molecule has 0 saturated heterocycles. The van der Waals surface area contributed by atoms with Gasteiger partial charge in [-0.05, 0) is 35.1 Å². The van der Waals surface area contributed by atoms with Crippen LogP contribution in [0.15, 0.2) is 36.4 Å². The van der Waals surface area contributed by atoms with E-state index in [0.717, 1.165) is 47.9 Å². The molecule has 2 aromatic carbocycles. The molecule has 6 heteroatoms. The molecule has 1 atom stereocenters. The molecule has 0 radical (unpaired) electrons. The number of rotatable bonds is 8. The van der Waals surface area contributed by atoms with Gasteiger partial charge in [0.2, 0.25) is 0 Å². The number of nitrogens with zero attached hydrogens (tertiary/aromatic N) is 2. The summed E-state index contributed by atoms with van der Waals surface area (Å²) in [6.45, 7) is 6.12. The minimum Gasteiger partial charge on any atom is -0.258 e. The molecular formula is C20H24N2O4. The minimum atomic E-state index is -0.385. The summed E-state index contributed by atoms with van der Waals surface area (Å²) in [6.07, 6.45) is 3.39. The Morgan fingerprint density at radius 3 is 1.92 bits per heavy atom. The Bertz CT molecular complexity index is 817. The molecule has 0 fully saturated rings. The van der Waals surface area contributed by atoms with Crippen LogP contribution in [0.25, 0.3) is 0 Å². The molecule has 0 amide bonds. The van der Waals surface area contributed by atoms with Crippen molar-refractivity contribution in [2.45, 2.75) is 52.4 Å². The molecule has 0 aliphatic heterocycles. The van der Waals surface area contributed by atoms with E-state index in [-0.39, 0.29) is 27.1 Å². The smallest absolute Gasteiger partial charge is 0.258 e. The fourth-order valence-corrected chi connectivity index (χ4v) is 3.38. The van der Waals surface area contributed by atoms with Gasteiger partial charge in [0.05, 0.1) is 9.85 Å². The van der Waals surface area contributed by atoms with Gasteiger partial charge < -0.3 is 0 Å². The van der Waals surface area contributed by atoms with Crippen molar-refractivity contribution in [1.82, 2.24) is 0 Å². The van der Waals surface area contributed by atoms with Gasteiger partial charge in [-0.25, -0.2) is 0 Å². The lowest BCUT2D eigenvalue weighted by atomic mass is 9.84. The van der Waals surface area contributed by atoms with Crippen LogP contribution in [0, 0.1) is 20.2 Å². The van der Waals surface area contributed by atoms with E-state index in [0.29, 0.717) is 0 Å². The van der Waals surface area contributed by atoms with E-state index in [1.807, 2.05) is 19.9 Å². The highest BCUT2D eigenvalue weighted by atomic mass is 16.6. The zero-order chi connectivity index (χ0) is 19.3. The van der Waals surface area contributed by atoms with E-state index in [9.17, 15) is 20.2 Å². The van der Waals surface area contributed by atoms with E-state index in [4.69, 9.17) is 0 Å². The summed E-state index contributed by atoms with van der Waals surface area (Å²) in [5.74, 6) is -0.0706. The van der Waals surface area contributed by atoms with Crippen LogP contribution in [0.2, 0.25) is 0 Å². The van der Waals surface area contributed by atoms with Crippen molar-refractivity contribution in [2.75, 3.05) is 0 Å². The average molecular weight is 356 g/mol. The Hall–Kier alpha value is -2.76. The van der Waals surface area contributed by atoms with E-state index in [1.165, 1.54) is 6.07 Å². The highest BCUT2D eigenvalue weighted by molar-refractivity contribution is 5.49. The predicted octanol–water partition coefficient (Wildman–Crippen LogP) is 5.56. The summed E-state index contributed by atoms with van der Waals surface area (Å²) < 4.78 is 0. The summed E-state index contributed by atoms with van der Waals surface area (Å²) in [4.78, 5) is 21.5. The number of benzene rings is 2. The van der Waals surface area contributed by atoms with Gasteiger partial charge in [0.25, 0.3) is 11.4 Å². The fraction of sp³-hybridized carbons (Fsp3) is 0.400. The molecule has 138 valence electrons. The topological polar surface area (TPSA) is 86.3 Å². The molecule has 0 spiro atoms.